The number of benzene rings is 6. The quantitative estimate of drug-likeness (QED) is 0.185. The lowest BCUT2D eigenvalue weighted by Crippen LogP contribution is -2.21. The predicted octanol–water partition coefficient (Wildman–Crippen LogP) is 10.9. The smallest absolute Gasteiger partial charge is 0.0667 e. The molecule has 1 nitrogen and oxygen atoms in total. The number of nitrogens with zero attached hydrogens (tertiary/aromatic N) is 1. The van der Waals surface area contributed by atoms with E-state index in [1.54, 1.807) is 0 Å². The van der Waals surface area contributed by atoms with Crippen molar-refractivity contribution in [3.8, 4) is 11.1 Å². The molecule has 196 valence electrons. The van der Waals surface area contributed by atoms with Crippen molar-refractivity contribution in [2.75, 3.05) is 0 Å². The van der Waals surface area contributed by atoms with Gasteiger partial charge < -0.3 is 0 Å². The summed E-state index contributed by atoms with van der Waals surface area (Å²) in [5, 5.41) is 5.22. The predicted molar refractivity (Wildman–Crippen MR) is 179 cm³/mol. The van der Waals surface area contributed by atoms with E-state index in [0.717, 1.165) is 11.3 Å². The molecule has 7 rings (SSSR count). The Morgan fingerprint density at radius 3 is 2.05 bits per heavy atom. The van der Waals surface area contributed by atoms with E-state index in [9.17, 15) is 0 Å². The number of rotatable bonds is 6. The molecule has 2 heteroatoms. The van der Waals surface area contributed by atoms with E-state index < -0.39 is 0 Å². The maximum atomic E-state index is 4.59. The number of allylic oxidation sites excluding steroid dienone is 1. The summed E-state index contributed by atoms with van der Waals surface area (Å²) in [6.07, 6.45) is 2.26. The number of fused-ring (bicyclic) bond motifs is 5. The van der Waals surface area contributed by atoms with Crippen LogP contribution in [0.25, 0.3) is 47.8 Å². The van der Waals surface area contributed by atoms with Crippen molar-refractivity contribution in [1.82, 2.24) is 0 Å². The van der Waals surface area contributed by atoms with E-state index in [2.05, 4.69) is 164 Å². The van der Waals surface area contributed by atoms with Crippen molar-refractivity contribution in [2.24, 2.45) is 4.99 Å². The molecule has 41 heavy (non-hydrogen) atoms. The monoisotopic (exact) mass is 543 g/mol. The van der Waals surface area contributed by atoms with Gasteiger partial charge in [-0.15, -0.1) is 11.3 Å². The molecular weight excluding hydrogens is 515 g/mol. The lowest BCUT2D eigenvalue weighted by atomic mass is 9.75. The van der Waals surface area contributed by atoms with Crippen LogP contribution >= 0.6 is 11.3 Å². The van der Waals surface area contributed by atoms with Crippen LogP contribution < -0.4 is 0 Å². The largest absolute Gasteiger partial charge is 0.264 e. The summed E-state index contributed by atoms with van der Waals surface area (Å²) < 4.78 is 2.62. The van der Waals surface area contributed by atoms with Gasteiger partial charge in [0.25, 0.3) is 0 Å². The van der Waals surface area contributed by atoms with Gasteiger partial charge in [0.15, 0.2) is 0 Å². The van der Waals surface area contributed by atoms with Gasteiger partial charge in [-0.2, -0.15) is 0 Å². The minimum atomic E-state index is -0.377. The normalized spacial score (nSPS) is 12.3. The molecule has 1 aromatic heterocycles. The fraction of sp³-hybridized carbons (Fsp3) is 0.0513. The van der Waals surface area contributed by atoms with Gasteiger partial charge in [-0.05, 0) is 70.9 Å². The number of aliphatic imine (C=N–C) groups is 1. The van der Waals surface area contributed by atoms with Gasteiger partial charge >= 0.3 is 0 Å². The highest BCUT2D eigenvalue weighted by Gasteiger charge is 2.27. The molecule has 0 unspecified atom stereocenters. The van der Waals surface area contributed by atoms with Crippen molar-refractivity contribution in [3.05, 3.63) is 162 Å². The lowest BCUT2D eigenvalue weighted by molar-refractivity contribution is 0.724. The Kier molecular flexibility index (Phi) is 6.34. The number of hydrogen-bond acceptors (Lipinski definition) is 2. The van der Waals surface area contributed by atoms with E-state index in [1.165, 1.54) is 53.2 Å². The summed E-state index contributed by atoms with van der Waals surface area (Å²) in [6, 6.07) is 49.9. The summed E-state index contributed by atoms with van der Waals surface area (Å²) >= 11 is 1.86. The van der Waals surface area contributed by atoms with Crippen LogP contribution in [0.5, 0.6) is 0 Å². The maximum Gasteiger partial charge on any atom is 0.0667 e. The summed E-state index contributed by atoms with van der Waals surface area (Å²) in [6.45, 7) is 6.27. The molecule has 6 aromatic carbocycles. The zero-order chi connectivity index (χ0) is 27.8. The van der Waals surface area contributed by atoms with Crippen molar-refractivity contribution in [1.29, 1.82) is 0 Å². The first-order valence-electron chi connectivity index (χ1n) is 13.9. The van der Waals surface area contributed by atoms with Crippen molar-refractivity contribution in [3.63, 3.8) is 0 Å². The highest BCUT2D eigenvalue weighted by Crippen LogP contribution is 2.44. The second-order valence-electron chi connectivity index (χ2n) is 10.6. The Bertz CT molecular complexity index is 2030. The molecule has 0 aliphatic heterocycles. The molecule has 0 saturated carbocycles. The first-order chi connectivity index (χ1) is 20.2. The molecule has 0 spiro atoms. The van der Waals surface area contributed by atoms with E-state index in [1.807, 2.05) is 11.3 Å². The van der Waals surface area contributed by atoms with Crippen LogP contribution in [0, 0.1) is 0 Å². The Balaban J connectivity index is 1.42. The van der Waals surface area contributed by atoms with Crippen molar-refractivity contribution in [2.45, 2.75) is 12.3 Å². The minimum absolute atomic E-state index is 0.377. The van der Waals surface area contributed by atoms with E-state index in [-0.39, 0.29) is 5.41 Å². The first kappa shape index (κ1) is 25.2. The molecule has 0 radical (unpaired) electrons. The molecule has 0 aliphatic carbocycles. The average molecular weight is 544 g/mol. The average Bonchev–Trinajstić information content (AvgIpc) is 3.44. The highest BCUT2D eigenvalue weighted by atomic mass is 32.1. The van der Waals surface area contributed by atoms with Crippen LogP contribution in [0.1, 0.15) is 23.6 Å². The van der Waals surface area contributed by atoms with Crippen LogP contribution in [0.3, 0.4) is 0 Å². The molecule has 0 atom stereocenters. The molecule has 0 amide bonds. The van der Waals surface area contributed by atoms with Crippen LogP contribution in [-0.4, -0.2) is 6.72 Å². The fourth-order valence-electron chi connectivity index (χ4n) is 6.07. The molecule has 0 aliphatic rings. The van der Waals surface area contributed by atoms with Gasteiger partial charge in [-0.3, -0.25) is 4.99 Å². The summed E-state index contributed by atoms with van der Waals surface area (Å²) in [7, 11) is 0. The van der Waals surface area contributed by atoms with Crippen LogP contribution in [-0.2, 0) is 5.41 Å². The molecular formula is C39H29NS. The molecule has 1 heterocycles. The first-order valence-corrected chi connectivity index (χ1v) is 14.7. The Labute approximate surface area is 244 Å². The zero-order valence-electron chi connectivity index (χ0n) is 22.9. The highest BCUT2D eigenvalue weighted by molar-refractivity contribution is 7.26. The topological polar surface area (TPSA) is 12.4 Å². The maximum absolute atomic E-state index is 4.59. The van der Waals surface area contributed by atoms with Crippen LogP contribution in [0.2, 0.25) is 0 Å². The Morgan fingerprint density at radius 2 is 1.32 bits per heavy atom. The van der Waals surface area contributed by atoms with Crippen molar-refractivity contribution < 1.29 is 0 Å². The summed E-state index contributed by atoms with van der Waals surface area (Å²) in [4.78, 5) is 4.59. The standard InChI is InChI=1S/C39H29NS/c1-39(30-16-5-3-6-17-30,31-18-7-4-8-19-31)26-34(40-2)29-15-11-14-28(25-29)33-21-12-22-35-38(33)37-32-20-10-9-13-27(32)23-24-36(37)41-35/h3-26H,2H2,1H3/b34-26-. The van der Waals surface area contributed by atoms with Crippen LogP contribution in [0.4, 0.5) is 0 Å². The Hall–Kier alpha value is -4.79. The number of thiophene rings is 1. The third-order valence-corrected chi connectivity index (χ3v) is 9.32. The molecule has 7 aromatic rings. The second kappa shape index (κ2) is 10.3. The van der Waals surface area contributed by atoms with E-state index >= 15 is 0 Å². The van der Waals surface area contributed by atoms with Crippen molar-refractivity contribution >= 4 is 54.7 Å². The summed E-state index contributed by atoms with van der Waals surface area (Å²) in [5.74, 6) is 0. The third-order valence-electron chi connectivity index (χ3n) is 8.20. The van der Waals surface area contributed by atoms with E-state index in [0.29, 0.717) is 0 Å². The van der Waals surface area contributed by atoms with E-state index in [4.69, 9.17) is 0 Å². The van der Waals surface area contributed by atoms with Gasteiger partial charge in [-0.25, -0.2) is 0 Å². The zero-order valence-corrected chi connectivity index (χ0v) is 23.7. The van der Waals surface area contributed by atoms with Crippen LogP contribution in [0.15, 0.2) is 151 Å². The minimum Gasteiger partial charge on any atom is -0.264 e. The van der Waals surface area contributed by atoms with Gasteiger partial charge in [0.1, 0.15) is 0 Å². The summed E-state index contributed by atoms with van der Waals surface area (Å²) in [5.41, 5.74) is 6.39. The van der Waals surface area contributed by atoms with Gasteiger partial charge in [0, 0.05) is 31.2 Å². The molecule has 0 N–H and O–H groups in total. The van der Waals surface area contributed by atoms with Gasteiger partial charge in [0.05, 0.1) is 5.70 Å². The third kappa shape index (κ3) is 4.38. The molecule has 0 bridgehead atoms. The van der Waals surface area contributed by atoms with Gasteiger partial charge in [-0.1, -0.05) is 121 Å². The SMILES string of the molecule is C=N/C(=C\C(C)(c1ccccc1)c1ccccc1)c1cccc(-c2cccc3sc4ccc5ccccc5c4c23)c1. The molecule has 0 fully saturated rings. The van der Waals surface area contributed by atoms with Gasteiger partial charge in [0.2, 0.25) is 0 Å². The molecule has 0 saturated heterocycles. The second-order valence-corrected chi connectivity index (χ2v) is 11.7. The number of hydrogen-bond donors (Lipinski definition) is 0. The fourth-order valence-corrected chi connectivity index (χ4v) is 7.22. The lowest BCUT2D eigenvalue weighted by Gasteiger charge is -2.28. The Morgan fingerprint density at radius 1 is 0.659 bits per heavy atom.